The first-order valence-corrected chi connectivity index (χ1v) is 7.89. The van der Waals surface area contributed by atoms with Gasteiger partial charge in [-0.15, -0.1) is 0 Å². The van der Waals surface area contributed by atoms with Crippen LogP contribution in [-0.2, 0) is 4.79 Å². The molecule has 1 atom stereocenters. The highest BCUT2D eigenvalue weighted by Gasteiger charge is 2.36. The number of ether oxygens (including phenoxy) is 1. The first-order valence-electron chi connectivity index (χ1n) is 7.89. The number of amides is 2. The maximum Gasteiger partial charge on any atom is 0.257 e. The van der Waals surface area contributed by atoms with Gasteiger partial charge in [0.1, 0.15) is 6.04 Å². The summed E-state index contributed by atoms with van der Waals surface area (Å²) in [6, 6.07) is 1.67. The highest BCUT2D eigenvalue weighted by molar-refractivity contribution is 5.98. The quantitative estimate of drug-likeness (QED) is 0.845. The number of piperazine rings is 1. The van der Waals surface area contributed by atoms with Gasteiger partial charge in [-0.05, 0) is 25.0 Å². The lowest BCUT2D eigenvalue weighted by Gasteiger charge is -2.39. The van der Waals surface area contributed by atoms with E-state index in [1.807, 2.05) is 13.8 Å². The monoisotopic (exact) mass is 340 g/mol. The third-order valence-electron chi connectivity index (χ3n) is 4.09. The van der Waals surface area contributed by atoms with Crippen molar-refractivity contribution in [1.29, 1.82) is 0 Å². The Bertz CT molecular complexity index is 649. The first-order chi connectivity index (χ1) is 11.3. The van der Waals surface area contributed by atoms with Crippen molar-refractivity contribution < 1.29 is 23.1 Å². The Kier molecular flexibility index (Phi) is 5.41. The van der Waals surface area contributed by atoms with Gasteiger partial charge in [0.2, 0.25) is 11.7 Å². The van der Waals surface area contributed by atoms with Crippen molar-refractivity contribution in [1.82, 2.24) is 9.80 Å². The van der Waals surface area contributed by atoms with E-state index >= 15 is 0 Å². The third kappa shape index (κ3) is 3.34. The van der Waals surface area contributed by atoms with Gasteiger partial charge in [0, 0.05) is 19.6 Å². The van der Waals surface area contributed by atoms with E-state index in [-0.39, 0.29) is 18.2 Å². The van der Waals surface area contributed by atoms with Gasteiger partial charge in [-0.2, -0.15) is 4.39 Å². The van der Waals surface area contributed by atoms with Gasteiger partial charge in [-0.3, -0.25) is 9.59 Å². The molecule has 5 nitrogen and oxygen atoms in total. The lowest BCUT2D eigenvalue weighted by Crippen LogP contribution is -2.58. The number of methoxy groups -OCH3 is 1. The summed E-state index contributed by atoms with van der Waals surface area (Å²) >= 11 is 0. The number of hydrogen-bond donors (Lipinski definition) is 0. The molecule has 0 radical (unpaired) electrons. The van der Waals surface area contributed by atoms with Crippen LogP contribution in [0.4, 0.5) is 8.78 Å². The second-order valence-electron chi connectivity index (χ2n) is 6.30. The zero-order valence-corrected chi connectivity index (χ0v) is 14.3. The van der Waals surface area contributed by atoms with Crippen LogP contribution in [-0.4, -0.2) is 54.4 Å². The van der Waals surface area contributed by atoms with E-state index in [9.17, 15) is 18.4 Å². The van der Waals surface area contributed by atoms with Crippen molar-refractivity contribution in [2.24, 2.45) is 5.92 Å². The van der Waals surface area contributed by atoms with Crippen LogP contribution in [0.1, 0.15) is 31.1 Å². The molecule has 1 fully saturated rings. The summed E-state index contributed by atoms with van der Waals surface area (Å²) in [5.74, 6) is -3.30. The molecule has 0 spiro atoms. The van der Waals surface area contributed by atoms with E-state index < -0.39 is 29.1 Å². The summed E-state index contributed by atoms with van der Waals surface area (Å²) < 4.78 is 32.6. The molecule has 0 aromatic heterocycles. The molecule has 0 aliphatic carbocycles. The second-order valence-corrected chi connectivity index (χ2v) is 6.30. The van der Waals surface area contributed by atoms with E-state index in [0.29, 0.717) is 19.0 Å². The fourth-order valence-corrected chi connectivity index (χ4v) is 2.84. The zero-order chi connectivity index (χ0) is 18.0. The van der Waals surface area contributed by atoms with Crippen LogP contribution in [0, 0.1) is 17.6 Å². The summed E-state index contributed by atoms with van der Waals surface area (Å²) in [5.41, 5.74) is -0.398. The molecule has 1 aromatic carbocycles. The minimum Gasteiger partial charge on any atom is -0.494 e. The maximum absolute atomic E-state index is 14.1. The Hall–Kier alpha value is -2.18. The molecule has 7 heteroatoms. The topological polar surface area (TPSA) is 49.9 Å². The van der Waals surface area contributed by atoms with Crippen LogP contribution in [0.25, 0.3) is 0 Å². The van der Waals surface area contributed by atoms with Crippen molar-refractivity contribution in [2.45, 2.75) is 26.8 Å². The van der Waals surface area contributed by atoms with E-state index in [1.54, 1.807) is 11.8 Å². The van der Waals surface area contributed by atoms with Crippen LogP contribution in [0.3, 0.4) is 0 Å². The number of halogens is 2. The van der Waals surface area contributed by atoms with Crippen molar-refractivity contribution >= 4 is 11.8 Å². The van der Waals surface area contributed by atoms with E-state index in [4.69, 9.17) is 4.74 Å². The molecule has 1 saturated heterocycles. The normalized spacial score (nSPS) is 18.3. The Morgan fingerprint density at radius 3 is 2.54 bits per heavy atom. The fraction of sp³-hybridized carbons (Fsp3) is 0.529. The average Bonchev–Trinajstić information content (AvgIpc) is 2.53. The summed E-state index contributed by atoms with van der Waals surface area (Å²) in [4.78, 5) is 27.9. The molecular weight excluding hydrogens is 318 g/mol. The fourth-order valence-electron chi connectivity index (χ4n) is 2.84. The zero-order valence-electron chi connectivity index (χ0n) is 14.3. The van der Waals surface area contributed by atoms with Gasteiger partial charge in [-0.1, -0.05) is 13.8 Å². The van der Waals surface area contributed by atoms with E-state index in [0.717, 1.165) is 0 Å². The molecule has 2 rings (SSSR count). The highest BCUT2D eigenvalue weighted by Crippen LogP contribution is 2.25. The van der Waals surface area contributed by atoms with Crippen molar-refractivity contribution in [3.8, 4) is 5.75 Å². The van der Waals surface area contributed by atoms with E-state index in [2.05, 4.69) is 0 Å². The molecule has 1 unspecified atom stereocenters. The van der Waals surface area contributed by atoms with Gasteiger partial charge < -0.3 is 14.5 Å². The molecule has 1 aliphatic heterocycles. The Morgan fingerprint density at radius 1 is 1.29 bits per heavy atom. The van der Waals surface area contributed by atoms with Crippen LogP contribution in [0.15, 0.2) is 12.1 Å². The number of rotatable bonds is 4. The van der Waals surface area contributed by atoms with Crippen molar-refractivity contribution in [2.75, 3.05) is 26.7 Å². The number of carbonyl (C=O) groups is 2. The van der Waals surface area contributed by atoms with Gasteiger partial charge in [0.25, 0.3) is 5.91 Å². The third-order valence-corrected chi connectivity index (χ3v) is 4.09. The van der Waals surface area contributed by atoms with Gasteiger partial charge in [-0.25, -0.2) is 4.39 Å². The van der Waals surface area contributed by atoms with E-state index in [1.165, 1.54) is 24.1 Å². The molecule has 1 aromatic rings. The largest absolute Gasteiger partial charge is 0.494 e. The molecule has 1 aliphatic rings. The van der Waals surface area contributed by atoms with Gasteiger partial charge in [0.15, 0.2) is 11.6 Å². The Labute approximate surface area is 140 Å². The molecule has 24 heavy (non-hydrogen) atoms. The predicted molar refractivity (Wildman–Crippen MR) is 84.8 cm³/mol. The Morgan fingerprint density at radius 2 is 1.96 bits per heavy atom. The smallest absolute Gasteiger partial charge is 0.257 e. The Balaban J connectivity index is 2.22. The van der Waals surface area contributed by atoms with Crippen LogP contribution in [0.5, 0.6) is 5.75 Å². The standard InChI is InChI=1S/C17H22F2N2O3/c1-10(2)9-20-7-8-21(11(3)16(20)22)17(23)12-5-6-13(24-4)15(19)14(12)18/h5-6,10-11H,7-9H2,1-4H3. The van der Waals surface area contributed by atoms with Gasteiger partial charge in [0.05, 0.1) is 12.7 Å². The maximum atomic E-state index is 14.1. The number of carbonyl (C=O) groups excluding carboxylic acids is 2. The lowest BCUT2D eigenvalue weighted by molar-refractivity contribution is -0.140. The lowest BCUT2D eigenvalue weighted by atomic mass is 10.1. The van der Waals surface area contributed by atoms with Crippen molar-refractivity contribution in [3.63, 3.8) is 0 Å². The summed E-state index contributed by atoms with van der Waals surface area (Å²) in [6.45, 7) is 6.89. The number of nitrogens with zero attached hydrogens (tertiary/aromatic N) is 2. The summed E-state index contributed by atoms with van der Waals surface area (Å²) in [5, 5.41) is 0. The molecule has 0 bridgehead atoms. The molecule has 132 valence electrons. The number of benzene rings is 1. The first kappa shape index (κ1) is 18.2. The summed E-state index contributed by atoms with van der Waals surface area (Å²) in [6.07, 6.45) is 0. The van der Waals surface area contributed by atoms with Crippen LogP contribution < -0.4 is 4.74 Å². The second kappa shape index (κ2) is 7.15. The van der Waals surface area contributed by atoms with Crippen LogP contribution in [0.2, 0.25) is 0 Å². The summed E-state index contributed by atoms with van der Waals surface area (Å²) in [7, 11) is 1.22. The minimum atomic E-state index is -1.26. The molecule has 2 amide bonds. The number of hydrogen-bond acceptors (Lipinski definition) is 3. The molecule has 0 N–H and O–H groups in total. The molecular formula is C17H22F2N2O3. The van der Waals surface area contributed by atoms with Crippen LogP contribution >= 0.6 is 0 Å². The average molecular weight is 340 g/mol. The minimum absolute atomic E-state index is 0.183. The molecule has 0 saturated carbocycles. The SMILES string of the molecule is COc1ccc(C(=O)N2CCN(CC(C)C)C(=O)C2C)c(F)c1F. The molecule has 1 heterocycles. The highest BCUT2D eigenvalue weighted by atomic mass is 19.2. The predicted octanol–water partition coefficient (Wildman–Crippen LogP) is 2.30. The van der Waals surface area contributed by atoms with Crippen molar-refractivity contribution in [3.05, 3.63) is 29.3 Å². The van der Waals surface area contributed by atoms with Gasteiger partial charge >= 0.3 is 0 Å².